The van der Waals surface area contributed by atoms with Gasteiger partial charge in [0.25, 0.3) is 0 Å². The number of rotatable bonds is 2. The summed E-state index contributed by atoms with van der Waals surface area (Å²) >= 11 is 0. The van der Waals surface area contributed by atoms with E-state index in [1.54, 1.807) is 14.0 Å². The van der Waals surface area contributed by atoms with Gasteiger partial charge < -0.3 is 9.84 Å². The Hall–Kier alpha value is -0.410. The molecule has 4 saturated carbocycles. The van der Waals surface area contributed by atoms with E-state index in [2.05, 4.69) is 0 Å². The Bertz CT molecular complexity index is 353. The molecule has 1 N–H and O–H groups in total. The minimum Gasteiger partial charge on any atom is -0.390 e. The smallest absolute Gasteiger partial charge is 0.136 e. The number of methoxy groups -OCH3 is 1. The molecular weight excluding hydrogens is 204 g/mol. The van der Waals surface area contributed by atoms with Crippen molar-refractivity contribution in [1.29, 1.82) is 0 Å². The number of carbonyl (C=O) groups excluding carboxylic acids is 1. The van der Waals surface area contributed by atoms with E-state index in [0.29, 0.717) is 12.3 Å². The molecule has 0 amide bonds. The first kappa shape index (κ1) is 10.7. The van der Waals surface area contributed by atoms with Gasteiger partial charge in [-0.25, -0.2) is 0 Å². The zero-order valence-corrected chi connectivity index (χ0v) is 10.1. The van der Waals surface area contributed by atoms with Crippen molar-refractivity contribution in [2.75, 3.05) is 7.11 Å². The summed E-state index contributed by atoms with van der Waals surface area (Å²) in [6, 6.07) is 0. The van der Waals surface area contributed by atoms with E-state index in [4.69, 9.17) is 4.74 Å². The molecule has 4 fully saturated rings. The van der Waals surface area contributed by atoms with Gasteiger partial charge in [-0.2, -0.15) is 0 Å². The van der Waals surface area contributed by atoms with Crippen molar-refractivity contribution in [2.24, 2.45) is 11.3 Å². The summed E-state index contributed by atoms with van der Waals surface area (Å²) in [7, 11) is 1.73. The standard InChI is InChI=1S/C13H20O3/c1-9(14)11-3-10-4-12(15,6-11)8-13(5-10,7-11)16-2/h10,15H,3-8H2,1-2H3. The number of ketones is 1. The van der Waals surface area contributed by atoms with Crippen LogP contribution in [0.2, 0.25) is 0 Å². The number of Topliss-reactive ketones (excluding diaryl/α,β-unsaturated/α-hetero) is 1. The van der Waals surface area contributed by atoms with Gasteiger partial charge in [-0.3, -0.25) is 4.79 Å². The first-order chi connectivity index (χ1) is 7.41. The third kappa shape index (κ3) is 1.25. The summed E-state index contributed by atoms with van der Waals surface area (Å²) in [5.74, 6) is 0.724. The van der Waals surface area contributed by atoms with Gasteiger partial charge >= 0.3 is 0 Å². The Morgan fingerprint density at radius 2 is 2.00 bits per heavy atom. The minimum absolute atomic E-state index is 0.222. The van der Waals surface area contributed by atoms with Crippen molar-refractivity contribution < 1.29 is 14.6 Å². The molecule has 16 heavy (non-hydrogen) atoms. The lowest BCUT2D eigenvalue weighted by Gasteiger charge is -2.63. The second-order valence-electron chi connectivity index (χ2n) is 6.46. The van der Waals surface area contributed by atoms with E-state index in [1.807, 2.05) is 0 Å². The van der Waals surface area contributed by atoms with E-state index in [0.717, 1.165) is 32.1 Å². The lowest BCUT2D eigenvalue weighted by atomic mass is 9.45. The van der Waals surface area contributed by atoms with Gasteiger partial charge in [-0.05, 0) is 44.9 Å². The van der Waals surface area contributed by atoms with Crippen LogP contribution in [0.1, 0.15) is 45.4 Å². The maximum absolute atomic E-state index is 11.9. The summed E-state index contributed by atoms with van der Waals surface area (Å²) in [5.41, 5.74) is -1.15. The second kappa shape index (κ2) is 2.88. The number of hydrogen-bond acceptors (Lipinski definition) is 3. The van der Waals surface area contributed by atoms with Crippen LogP contribution in [0.25, 0.3) is 0 Å². The lowest BCUT2D eigenvalue weighted by molar-refractivity contribution is -0.235. The molecule has 0 spiro atoms. The zero-order chi connectivity index (χ0) is 11.6. The van der Waals surface area contributed by atoms with Crippen LogP contribution in [0.5, 0.6) is 0 Å². The molecule has 0 aromatic carbocycles. The molecule has 0 heterocycles. The number of hydrogen-bond donors (Lipinski definition) is 1. The first-order valence-corrected chi connectivity index (χ1v) is 6.20. The number of carbonyl (C=O) groups is 1. The second-order valence-corrected chi connectivity index (χ2v) is 6.46. The van der Waals surface area contributed by atoms with Crippen molar-refractivity contribution in [3.8, 4) is 0 Å². The van der Waals surface area contributed by atoms with Crippen LogP contribution in [0.4, 0.5) is 0 Å². The van der Waals surface area contributed by atoms with Crippen LogP contribution in [0.3, 0.4) is 0 Å². The molecular formula is C13H20O3. The van der Waals surface area contributed by atoms with Gasteiger partial charge in [0.15, 0.2) is 0 Å². The fraction of sp³-hybridized carbons (Fsp3) is 0.923. The zero-order valence-electron chi connectivity index (χ0n) is 10.1. The lowest BCUT2D eigenvalue weighted by Crippen LogP contribution is -2.65. The molecule has 0 saturated heterocycles. The van der Waals surface area contributed by atoms with E-state index >= 15 is 0 Å². The fourth-order valence-corrected chi connectivity index (χ4v) is 4.92. The molecule has 0 aromatic rings. The average Bonchev–Trinajstić information content (AvgIpc) is 2.13. The van der Waals surface area contributed by atoms with E-state index in [-0.39, 0.29) is 16.8 Å². The SMILES string of the molecule is COC12CC3CC(O)(C1)CC(C(C)=O)(C3)C2. The summed E-state index contributed by atoms with van der Waals surface area (Å²) in [6.07, 6.45) is 5.08. The largest absolute Gasteiger partial charge is 0.390 e. The third-order valence-electron chi connectivity index (χ3n) is 5.17. The molecule has 3 heteroatoms. The van der Waals surface area contributed by atoms with Gasteiger partial charge in [-0.15, -0.1) is 0 Å². The predicted molar refractivity (Wildman–Crippen MR) is 59.0 cm³/mol. The highest BCUT2D eigenvalue weighted by atomic mass is 16.5. The first-order valence-electron chi connectivity index (χ1n) is 6.20. The third-order valence-corrected chi connectivity index (χ3v) is 5.17. The molecule has 4 atom stereocenters. The van der Waals surface area contributed by atoms with Gasteiger partial charge in [0.1, 0.15) is 5.78 Å². The van der Waals surface area contributed by atoms with E-state index in [9.17, 15) is 9.90 Å². The predicted octanol–water partition coefficient (Wildman–Crippen LogP) is 1.68. The Morgan fingerprint density at radius 1 is 1.25 bits per heavy atom. The monoisotopic (exact) mass is 224 g/mol. The van der Waals surface area contributed by atoms with Crippen molar-refractivity contribution in [3.63, 3.8) is 0 Å². The highest BCUT2D eigenvalue weighted by Crippen LogP contribution is 2.64. The van der Waals surface area contributed by atoms with Crippen molar-refractivity contribution in [1.82, 2.24) is 0 Å². The summed E-state index contributed by atoms with van der Waals surface area (Å²) < 4.78 is 5.68. The van der Waals surface area contributed by atoms with Crippen LogP contribution < -0.4 is 0 Å². The van der Waals surface area contributed by atoms with Gasteiger partial charge in [0.05, 0.1) is 11.2 Å². The Labute approximate surface area is 96.2 Å². The molecule has 0 aliphatic heterocycles. The molecule has 0 radical (unpaired) electrons. The molecule has 90 valence electrons. The van der Waals surface area contributed by atoms with Gasteiger partial charge in [0.2, 0.25) is 0 Å². The van der Waals surface area contributed by atoms with E-state index < -0.39 is 5.60 Å². The summed E-state index contributed by atoms with van der Waals surface area (Å²) in [5, 5.41) is 10.6. The minimum atomic E-state index is -0.638. The molecule has 4 unspecified atom stereocenters. The van der Waals surface area contributed by atoms with Gasteiger partial charge in [-0.1, -0.05) is 0 Å². The molecule has 3 nitrogen and oxygen atoms in total. The molecule has 0 aromatic heterocycles. The Morgan fingerprint density at radius 3 is 2.56 bits per heavy atom. The van der Waals surface area contributed by atoms with Crippen LogP contribution >= 0.6 is 0 Å². The molecule has 4 aliphatic carbocycles. The highest BCUT2D eigenvalue weighted by molar-refractivity contribution is 5.83. The summed E-state index contributed by atoms with van der Waals surface area (Å²) in [4.78, 5) is 11.9. The normalized spacial score (nSPS) is 54.3. The topological polar surface area (TPSA) is 46.5 Å². The number of ether oxygens (including phenoxy) is 1. The maximum atomic E-state index is 11.9. The molecule has 4 bridgehead atoms. The summed E-state index contributed by atoms with van der Waals surface area (Å²) in [6.45, 7) is 1.68. The van der Waals surface area contributed by atoms with Crippen LogP contribution in [-0.4, -0.2) is 29.2 Å². The molecule has 4 rings (SSSR count). The van der Waals surface area contributed by atoms with Gasteiger partial charge in [0, 0.05) is 18.9 Å². The van der Waals surface area contributed by atoms with Crippen LogP contribution in [0.15, 0.2) is 0 Å². The fourth-order valence-electron chi connectivity index (χ4n) is 4.92. The maximum Gasteiger partial charge on any atom is 0.136 e. The van der Waals surface area contributed by atoms with Crippen molar-refractivity contribution in [2.45, 2.75) is 56.7 Å². The van der Waals surface area contributed by atoms with Crippen LogP contribution in [-0.2, 0) is 9.53 Å². The van der Waals surface area contributed by atoms with E-state index in [1.165, 1.54) is 0 Å². The van der Waals surface area contributed by atoms with Crippen molar-refractivity contribution >= 4 is 5.78 Å². The highest BCUT2D eigenvalue weighted by Gasteiger charge is 2.64. The van der Waals surface area contributed by atoms with Crippen molar-refractivity contribution in [3.05, 3.63) is 0 Å². The quantitative estimate of drug-likeness (QED) is 0.776. The average molecular weight is 224 g/mol. The Balaban J connectivity index is 2.04. The number of aliphatic hydroxyl groups is 1. The Kier molecular flexibility index (Phi) is 1.93. The molecule has 4 aliphatic rings. The van der Waals surface area contributed by atoms with Crippen LogP contribution in [0, 0.1) is 11.3 Å².